The Morgan fingerprint density at radius 1 is 1.07 bits per heavy atom. The maximum Gasteiger partial charge on any atom is 0.0829 e. The third kappa shape index (κ3) is 22.6. The monoisotopic (exact) mass is 226 g/mol. The van der Waals surface area contributed by atoms with Crippen molar-refractivity contribution in [3.63, 3.8) is 0 Å². The topological polar surface area (TPSA) is 96.9 Å². The molecule has 0 aliphatic rings. The van der Waals surface area contributed by atoms with Crippen LogP contribution in [0.4, 0.5) is 0 Å². The Kier molecular flexibility index (Phi) is 9.49. The summed E-state index contributed by atoms with van der Waals surface area (Å²) >= 11 is 0. The fraction of sp³-hybridized carbons (Fsp3) is 1.00. The van der Waals surface area contributed by atoms with Gasteiger partial charge in [0.15, 0.2) is 0 Å². The minimum atomic E-state index is -5.17. The quantitative estimate of drug-likeness (QED) is 0.530. The highest BCUT2D eigenvalue weighted by atomic mass is 32.3. The summed E-state index contributed by atoms with van der Waals surface area (Å²) in [4.78, 5) is 0. The first-order valence-corrected chi connectivity index (χ1v) is 6.05. The molecule has 6 heteroatoms. The Balaban J connectivity index is 0. The predicted molar refractivity (Wildman–Crippen MR) is 51.9 cm³/mol. The van der Waals surface area contributed by atoms with Crippen molar-refractivity contribution in [2.45, 2.75) is 52.6 Å². The number of hydrogen-bond donors (Lipinski definition) is 1. The molecule has 0 rings (SSSR count). The largest absolute Gasteiger partial charge is 0.759 e. The molecule has 0 aliphatic heterocycles. The van der Waals surface area contributed by atoms with Crippen LogP contribution in [0.3, 0.4) is 0 Å². The zero-order chi connectivity index (χ0) is 11.8. The van der Waals surface area contributed by atoms with Crippen LogP contribution in [0.15, 0.2) is 0 Å². The second kappa shape index (κ2) is 8.16. The Morgan fingerprint density at radius 2 is 1.29 bits per heavy atom. The molecule has 14 heavy (non-hydrogen) atoms. The average Bonchev–Trinajstić information content (AvgIpc) is 2.01. The molecule has 5 nitrogen and oxygen atoms in total. The van der Waals surface area contributed by atoms with E-state index in [1.165, 1.54) is 12.8 Å². The lowest BCUT2D eigenvalue weighted by molar-refractivity contribution is -0.715. The van der Waals surface area contributed by atoms with Gasteiger partial charge in [0.25, 0.3) is 0 Å². The molecule has 2 unspecified atom stereocenters. The van der Waals surface area contributed by atoms with Crippen molar-refractivity contribution in [2.24, 2.45) is 0 Å². The standard InChI is InChI=1S/C8H19N.H2O4S/c1-5-7(3)9-8(4)6-2;1-5(2,3)4/h7-9H,5-6H2,1-4H3;(H2,1,2,3,4)/p-1. The van der Waals surface area contributed by atoms with Gasteiger partial charge in [0.1, 0.15) is 0 Å². The summed E-state index contributed by atoms with van der Waals surface area (Å²) in [7, 11) is -5.17. The molecule has 0 saturated carbocycles. The fourth-order valence-electron chi connectivity index (χ4n) is 0.833. The SMILES string of the molecule is CCC(C)[NH2+]C(C)CC.O=S(=O)([O-])[O-]. The first-order valence-electron chi connectivity index (χ1n) is 4.72. The molecule has 0 heterocycles. The van der Waals surface area contributed by atoms with Gasteiger partial charge in [-0.2, -0.15) is 0 Å². The maximum absolute atomic E-state index is 8.52. The average molecular weight is 226 g/mol. The molecule has 0 aromatic carbocycles. The molecule has 88 valence electrons. The minimum Gasteiger partial charge on any atom is -0.759 e. The zero-order valence-corrected chi connectivity index (χ0v) is 10.0. The van der Waals surface area contributed by atoms with E-state index < -0.39 is 10.4 Å². The number of hydrogen-bond acceptors (Lipinski definition) is 4. The van der Waals surface area contributed by atoms with E-state index in [4.69, 9.17) is 17.5 Å². The number of nitrogens with two attached hydrogens (primary N) is 1. The van der Waals surface area contributed by atoms with Crippen molar-refractivity contribution in [3.8, 4) is 0 Å². The molecule has 2 N–H and O–H groups in total. The Hall–Kier alpha value is -0.170. The van der Waals surface area contributed by atoms with Gasteiger partial charge in [0, 0.05) is 10.4 Å². The summed E-state index contributed by atoms with van der Waals surface area (Å²) < 4.78 is 34.1. The lowest BCUT2D eigenvalue weighted by Crippen LogP contribution is -2.93. The molecule has 0 radical (unpaired) electrons. The van der Waals surface area contributed by atoms with Gasteiger partial charge in [-0.15, -0.1) is 0 Å². The first kappa shape index (κ1) is 16.3. The van der Waals surface area contributed by atoms with E-state index in [-0.39, 0.29) is 0 Å². The van der Waals surface area contributed by atoms with Crippen molar-refractivity contribution in [1.82, 2.24) is 0 Å². The summed E-state index contributed by atoms with van der Waals surface area (Å²) in [6, 6.07) is 1.61. The third-order valence-corrected chi connectivity index (χ3v) is 1.94. The van der Waals surface area contributed by atoms with Gasteiger partial charge >= 0.3 is 0 Å². The van der Waals surface area contributed by atoms with Gasteiger partial charge in [0.05, 0.1) is 12.1 Å². The molecular weight excluding hydrogens is 206 g/mol. The lowest BCUT2D eigenvalue weighted by Gasteiger charge is -2.12. The normalized spacial score (nSPS) is 15.3. The van der Waals surface area contributed by atoms with Crippen LogP contribution in [0.5, 0.6) is 0 Å². The van der Waals surface area contributed by atoms with Crippen LogP contribution in [0.2, 0.25) is 0 Å². The van der Waals surface area contributed by atoms with Crippen LogP contribution in [0.1, 0.15) is 40.5 Å². The van der Waals surface area contributed by atoms with E-state index in [1.54, 1.807) is 0 Å². The maximum atomic E-state index is 8.52. The third-order valence-electron chi connectivity index (χ3n) is 1.94. The van der Waals surface area contributed by atoms with Crippen molar-refractivity contribution >= 4 is 10.4 Å². The fourth-order valence-corrected chi connectivity index (χ4v) is 0.833. The molecule has 0 spiro atoms. The predicted octanol–water partition coefficient (Wildman–Crippen LogP) is -0.191. The summed E-state index contributed by atoms with van der Waals surface area (Å²) in [6.07, 6.45) is 2.56. The van der Waals surface area contributed by atoms with Gasteiger partial charge in [-0.05, 0) is 26.7 Å². The van der Waals surface area contributed by atoms with Crippen LogP contribution in [-0.2, 0) is 10.4 Å². The van der Waals surface area contributed by atoms with Crippen LogP contribution in [0, 0.1) is 0 Å². The van der Waals surface area contributed by atoms with Gasteiger partial charge in [0.2, 0.25) is 0 Å². The number of rotatable bonds is 4. The van der Waals surface area contributed by atoms with E-state index in [2.05, 4.69) is 33.0 Å². The van der Waals surface area contributed by atoms with Crippen molar-refractivity contribution in [2.75, 3.05) is 0 Å². The highest BCUT2D eigenvalue weighted by Crippen LogP contribution is 1.84. The van der Waals surface area contributed by atoms with Crippen molar-refractivity contribution in [3.05, 3.63) is 0 Å². The Bertz CT molecular complexity index is 199. The van der Waals surface area contributed by atoms with Gasteiger partial charge in [-0.25, -0.2) is 0 Å². The second-order valence-electron chi connectivity index (χ2n) is 3.37. The smallest absolute Gasteiger partial charge is 0.0829 e. The van der Waals surface area contributed by atoms with Gasteiger partial charge < -0.3 is 14.4 Å². The molecule has 0 aromatic heterocycles. The van der Waals surface area contributed by atoms with Gasteiger partial charge in [-0.1, -0.05) is 13.8 Å². The summed E-state index contributed by atoms with van der Waals surface area (Å²) in [5.41, 5.74) is 0. The van der Waals surface area contributed by atoms with E-state index in [0.29, 0.717) is 0 Å². The summed E-state index contributed by atoms with van der Waals surface area (Å²) in [5.74, 6) is 0. The van der Waals surface area contributed by atoms with Crippen LogP contribution in [0.25, 0.3) is 0 Å². The van der Waals surface area contributed by atoms with Crippen LogP contribution >= 0.6 is 0 Å². The van der Waals surface area contributed by atoms with Crippen LogP contribution in [-0.4, -0.2) is 29.6 Å². The summed E-state index contributed by atoms with van der Waals surface area (Å²) in [6.45, 7) is 9.05. The highest BCUT2D eigenvalue weighted by Gasteiger charge is 2.05. The van der Waals surface area contributed by atoms with Crippen molar-refractivity contribution in [1.29, 1.82) is 0 Å². The van der Waals surface area contributed by atoms with E-state index >= 15 is 0 Å². The molecule has 0 bridgehead atoms. The molecular formula is C8H20NO4S-. The van der Waals surface area contributed by atoms with E-state index in [0.717, 1.165) is 12.1 Å². The van der Waals surface area contributed by atoms with Gasteiger partial charge in [-0.3, -0.25) is 8.42 Å². The highest BCUT2D eigenvalue weighted by molar-refractivity contribution is 7.79. The molecule has 0 aromatic rings. The molecule has 2 atom stereocenters. The lowest BCUT2D eigenvalue weighted by atomic mass is 10.2. The molecule has 0 saturated heterocycles. The summed E-state index contributed by atoms with van der Waals surface area (Å²) in [5, 5.41) is 2.44. The Labute approximate surface area is 86.5 Å². The molecule has 0 amide bonds. The van der Waals surface area contributed by atoms with Crippen molar-refractivity contribution < 1.29 is 22.8 Å². The van der Waals surface area contributed by atoms with Crippen LogP contribution < -0.4 is 5.32 Å². The first-order chi connectivity index (χ1) is 6.20. The van der Waals surface area contributed by atoms with E-state index in [9.17, 15) is 0 Å². The number of quaternary nitrogens is 1. The second-order valence-corrected chi connectivity index (χ2v) is 4.19. The molecule has 0 aliphatic carbocycles. The molecule has 0 fully saturated rings. The zero-order valence-electron chi connectivity index (χ0n) is 9.19. The minimum absolute atomic E-state index is 0.806. The van der Waals surface area contributed by atoms with E-state index in [1.807, 2.05) is 0 Å². The Morgan fingerprint density at radius 3 is 1.43 bits per heavy atom.